The van der Waals surface area contributed by atoms with E-state index in [0.717, 1.165) is 26.9 Å². The van der Waals surface area contributed by atoms with Crippen LogP contribution in [0.1, 0.15) is 10.4 Å². The average Bonchev–Trinajstić information content (AvgIpc) is 3.40. The van der Waals surface area contributed by atoms with Crippen molar-refractivity contribution in [2.24, 2.45) is 0 Å². The molecule has 5 rings (SSSR count). The highest BCUT2D eigenvalue weighted by Crippen LogP contribution is 2.28. The second kappa shape index (κ2) is 11.2. The van der Waals surface area contributed by atoms with Gasteiger partial charge in [-0.3, -0.25) is 19.7 Å². The van der Waals surface area contributed by atoms with Gasteiger partial charge in [0, 0.05) is 39.2 Å². The lowest BCUT2D eigenvalue weighted by atomic mass is 10.1. The number of aromatic nitrogens is 1. The van der Waals surface area contributed by atoms with Crippen molar-refractivity contribution < 1.29 is 14.5 Å². The molecule has 188 valence electrons. The van der Waals surface area contributed by atoms with Crippen LogP contribution in [0.15, 0.2) is 101 Å². The fraction of sp³-hybridized carbons (Fsp3) is 0.0357. The summed E-state index contributed by atoms with van der Waals surface area (Å²) in [6.07, 6.45) is 0. The molecule has 4 aromatic carbocycles. The van der Waals surface area contributed by atoms with Gasteiger partial charge in [0.2, 0.25) is 5.91 Å². The molecule has 1 heterocycles. The fourth-order valence-electron chi connectivity index (χ4n) is 3.74. The van der Waals surface area contributed by atoms with E-state index in [9.17, 15) is 19.7 Å². The molecule has 0 unspecified atom stereocenters. The standard InChI is InChI=1S/C28H20N4O4S2/c33-26(31-28-30-25(16-38-28)20-12-11-18-5-1-2-6-19(18)13-20)17-37-24-10-4-8-22(15-24)29-27(34)21-7-3-9-23(14-21)32(35)36/h1-16H,17H2,(H,29,34)(H,30,31,33). The second-order valence-electron chi connectivity index (χ2n) is 8.23. The summed E-state index contributed by atoms with van der Waals surface area (Å²) in [6.45, 7) is 0. The van der Waals surface area contributed by atoms with Crippen molar-refractivity contribution in [1.29, 1.82) is 0 Å². The van der Waals surface area contributed by atoms with Crippen LogP contribution in [-0.2, 0) is 4.79 Å². The summed E-state index contributed by atoms with van der Waals surface area (Å²) in [5.41, 5.74) is 2.34. The Balaban J connectivity index is 1.17. The normalized spacial score (nSPS) is 10.7. The summed E-state index contributed by atoms with van der Waals surface area (Å²) in [5, 5.41) is 21.3. The van der Waals surface area contributed by atoms with Gasteiger partial charge in [0.15, 0.2) is 5.13 Å². The van der Waals surface area contributed by atoms with Gasteiger partial charge >= 0.3 is 0 Å². The monoisotopic (exact) mass is 540 g/mol. The first-order valence-electron chi connectivity index (χ1n) is 11.5. The van der Waals surface area contributed by atoms with E-state index < -0.39 is 10.8 Å². The van der Waals surface area contributed by atoms with Gasteiger partial charge < -0.3 is 10.6 Å². The summed E-state index contributed by atoms with van der Waals surface area (Å²) in [4.78, 5) is 40.8. The molecule has 0 bridgehead atoms. The minimum atomic E-state index is -0.547. The Morgan fingerprint density at radius 3 is 2.55 bits per heavy atom. The summed E-state index contributed by atoms with van der Waals surface area (Å²) < 4.78 is 0. The number of hydrogen-bond acceptors (Lipinski definition) is 7. The molecule has 0 fully saturated rings. The molecule has 0 aliphatic rings. The number of anilines is 2. The van der Waals surface area contributed by atoms with Crippen molar-refractivity contribution in [3.8, 4) is 11.3 Å². The van der Waals surface area contributed by atoms with Crippen LogP contribution in [0.4, 0.5) is 16.5 Å². The van der Waals surface area contributed by atoms with E-state index in [-0.39, 0.29) is 22.9 Å². The van der Waals surface area contributed by atoms with Gasteiger partial charge in [-0.25, -0.2) is 4.98 Å². The molecule has 0 aliphatic heterocycles. The fourth-order valence-corrected chi connectivity index (χ4v) is 5.24. The lowest BCUT2D eigenvalue weighted by molar-refractivity contribution is -0.384. The number of fused-ring (bicyclic) bond motifs is 1. The molecule has 2 N–H and O–H groups in total. The third-order valence-corrected chi connectivity index (χ3v) is 7.33. The topological polar surface area (TPSA) is 114 Å². The summed E-state index contributed by atoms with van der Waals surface area (Å²) in [5.74, 6) is -0.493. The Kier molecular flexibility index (Phi) is 7.43. The van der Waals surface area contributed by atoms with Gasteiger partial charge in [-0.2, -0.15) is 0 Å². The van der Waals surface area contributed by atoms with E-state index in [2.05, 4.69) is 39.9 Å². The Morgan fingerprint density at radius 2 is 1.71 bits per heavy atom. The maximum Gasteiger partial charge on any atom is 0.270 e. The zero-order chi connectivity index (χ0) is 26.5. The van der Waals surface area contributed by atoms with E-state index >= 15 is 0 Å². The molecule has 10 heteroatoms. The SMILES string of the molecule is O=C(CSc1cccc(NC(=O)c2cccc([N+](=O)[O-])c2)c1)Nc1nc(-c2ccc3ccccc3c2)cs1. The number of nitrogens with zero attached hydrogens (tertiary/aromatic N) is 2. The van der Waals surface area contributed by atoms with Crippen LogP contribution in [0.3, 0.4) is 0 Å². The maximum absolute atomic E-state index is 12.6. The number of non-ortho nitro benzene ring substituents is 1. The molecule has 0 radical (unpaired) electrons. The summed E-state index contributed by atoms with van der Waals surface area (Å²) in [7, 11) is 0. The highest BCUT2D eigenvalue weighted by Gasteiger charge is 2.13. The zero-order valence-corrected chi connectivity index (χ0v) is 21.4. The van der Waals surface area contributed by atoms with Crippen molar-refractivity contribution in [3.05, 3.63) is 112 Å². The van der Waals surface area contributed by atoms with E-state index in [4.69, 9.17) is 0 Å². The molecule has 8 nitrogen and oxygen atoms in total. The summed E-state index contributed by atoms with van der Waals surface area (Å²) in [6, 6.07) is 26.8. The number of nitrogens with one attached hydrogen (secondary N) is 2. The number of thiazole rings is 1. The lowest BCUT2D eigenvalue weighted by Crippen LogP contribution is -2.14. The van der Waals surface area contributed by atoms with Crippen LogP contribution in [-0.4, -0.2) is 27.5 Å². The smallest absolute Gasteiger partial charge is 0.270 e. The lowest BCUT2D eigenvalue weighted by Gasteiger charge is -2.08. The predicted octanol–water partition coefficient (Wildman–Crippen LogP) is 6.85. The first-order valence-corrected chi connectivity index (χ1v) is 13.3. The Labute approximate surface area is 225 Å². The van der Waals surface area contributed by atoms with Crippen molar-refractivity contribution in [2.45, 2.75) is 4.90 Å². The Bertz CT molecular complexity index is 1670. The third-order valence-electron chi connectivity index (χ3n) is 5.58. The quantitative estimate of drug-likeness (QED) is 0.126. The molecule has 0 saturated heterocycles. The largest absolute Gasteiger partial charge is 0.322 e. The van der Waals surface area contributed by atoms with Gasteiger partial charge in [-0.05, 0) is 41.1 Å². The average molecular weight is 541 g/mol. The highest BCUT2D eigenvalue weighted by molar-refractivity contribution is 8.00. The van der Waals surface area contributed by atoms with Crippen LogP contribution < -0.4 is 10.6 Å². The molecular formula is C28H20N4O4S2. The minimum absolute atomic E-state index is 0.155. The van der Waals surface area contributed by atoms with Gasteiger partial charge in [0.25, 0.3) is 11.6 Å². The molecule has 38 heavy (non-hydrogen) atoms. The van der Waals surface area contributed by atoms with E-state index in [1.165, 1.54) is 47.4 Å². The molecular weight excluding hydrogens is 520 g/mol. The number of amides is 2. The highest BCUT2D eigenvalue weighted by atomic mass is 32.2. The number of carbonyl (C=O) groups is 2. The van der Waals surface area contributed by atoms with Gasteiger partial charge in [0.05, 0.1) is 16.4 Å². The number of thioether (sulfide) groups is 1. The first kappa shape index (κ1) is 25.1. The van der Waals surface area contributed by atoms with Crippen molar-refractivity contribution in [1.82, 2.24) is 4.98 Å². The van der Waals surface area contributed by atoms with Crippen molar-refractivity contribution in [3.63, 3.8) is 0 Å². The number of carbonyl (C=O) groups excluding carboxylic acids is 2. The van der Waals surface area contributed by atoms with Crippen LogP contribution in [0.25, 0.3) is 22.0 Å². The number of rotatable bonds is 8. The second-order valence-corrected chi connectivity index (χ2v) is 10.1. The van der Waals surface area contributed by atoms with Crippen LogP contribution >= 0.6 is 23.1 Å². The predicted molar refractivity (Wildman–Crippen MR) is 152 cm³/mol. The third kappa shape index (κ3) is 6.05. The van der Waals surface area contributed by atoms with E-state index in [0.29, 0.717) is 10.8 Å². The Morgan fingerprint density at radius 1 is 0.895 bits per heavy atom. The molecule has 0 atom stereocenters. The molecule has 2 amide bonds. The van der Waals surface area contributed by atoms with Crippen molar-refractivity contribution >= 4 is 62.2 Å². The number of benzene rings is 4. The van der Waals surface area contributed by atoms with Crippen molar-refractivity contribution in [2.75, 3.05) is 16.4 Å². The van der Waals surface area contributed by atoms with Gasteiger partial charge in [0.1, 0.15) is 0 Å². The minimum Gasteiger partial charge on any atom is -0.322 e. The van der Waals surface area contributed by atoms with Gasteiger partial charge in [-0.15, -0.1) is 23.1 Å². The first-order chi connectivity index (χ1) is 18.4. The number of nitro groups is 1. The van der Waals surface area contributed by atoms with E-state index in [1.54, 1.807) is 18.2 Å². The Hall–Kier alpha value is -4.54. The number of hydrogen-bond donors (Lipinski definition) is 2. The maximum atomic E-state index is 12.6. The molecule has 0 saturated carbocycles. The molecule has 0 spiro atoms. The molecule has 1 aromatic heterocycles. The molecule has 5 aromatic rings. The zero-order valence-electron chi connectivity index (χ0n) is 19.8. The van der Waals surface area contributed by atoms with Crippen LogP contribution in [0.2, 0.25) is 0 Å². The van der Waals surface area contributed by atoms with E-state index in [1.807, 2.05) is 29.6 Å². The van der Waals surface area contributed by atoms with Crippen LogP contribution in [0, 0.1) is 10.1 Å². The molecule has 0 aliphatic carbocycles. The summed E-state index contributed by atoms with van der Waals surface area (Å²) >= 11 is 2.69. The number of nitro benzene ring substituents is 1. The van der Waals surface area contributed by atoms with Gasteiger partial charge in [-0.1, -0.05) is 48.5 Å². The van der Waals surface area contributed by atoms with Crippen LogP contribution in [0.5, 0.6) is 0 Å².